The maximum Gasteiger partial charge on any atom is 0.417 e. The summed E-state index contributed by atoms with van der Waals surface area (Å²) in [5, 5.41) is 0. The Morgan fingerprint density at radius 3 is 2.37 bits per heavy atom. The minimum atomic E-state index is -4.60. The van der Waals surface area contributed by atoms with Crippen molar-refractivity contribution < 1.29 is 17.6 Å². The molecule has 6 heteroatoms. The van der Waals surface area contributed by atoms with Crippen molar-refractivity contribution in [2.45, 2.75) is 25.9 Å². The fourth-order valence-corrected chi connectivity index (χ4v) is 2.39. The SMILES string of the molecule is CC(C)c1cc(-c2ccc(F)cc2C(F)(F)F)ns1. The van der Waals surface area contributed by atoms with Crippen LogP contribution < -0.4 is 0 Å². The third-order valence-corrected chi connectivity index (χ3v) is 3.75. The summed E-state index contributed by atoms with van der Waals surface area (Å²) >= 11 is 1.16. The number of hydrogen-bond acceptors (Lipinski definition) is 2. The summed E-state index contributed by atoms with van der Waals surface area (Å²) < 4.78 is 55.7. The fraction of sp³-hybridized carbons (Fsp3) is 0.308. The zero-order valence-corrected chi connectivity index (χ0v) is 11.1. The smallest absolute Gasteiger partial charge is 0.207 e. The second-order valence-electron chi connectivity index (χ2n) is 4.46. The van der Waals surface area contributed by atoms with Gasteiger partial charge >= 0.3 is 6.18 Å². The van der Waals surface area contributed by atoms with Crippen LogP contribution in [0, 0.1) is 5.82 Å². The van der Waals surface area contributed by atoms with Gasteiger partial charge in [0, 0.05) is 10.4 Å². The van der Waals surface area contributed by atoms with Gasteiger partial charge in [-0.15, -0.1) is 0 Å². The van der Waals surface area contributed by atoms with Crippen molar-refractivity contribution in [1.29, 1.82) is 0 Å². The molecule has 1 heterocycles. The molecular formula is C13H11F4NS. The average molecular weight is 289 g/mol. The number of aromatic nitrogens is 1. The normalized spacial score (nSPS) is 12.2. The summed E-state index contributed by atoms with van der Waals surface area (Å²) in [6, 6.07) is 4.26. The lowest BCUT2D eigenvalue weighted by Gasteiger charge is -2.11. The standard InChI is InChI=1S/C13H11F4NS/c1-7(2)12-6-11(18-19-12)9-4-3-8(14)5-10(9)13(15,16)17/h3-7H,1-2H3. The quantitative estimate of drug-likeness (QED) is 0.702. The first-order chi connectivity index (χ1) is 8.79. The first kappa shape index (κ1) is 14.0. The van der Waals surface area contributed by atoms with E-state index in [4.69, 9.17) is 0 Å². The van der Waals surface area contributed by atoms with E-state index < -0.39 is 17.6 Å². The molecule has 0 aliphatic heterocycles. The molecule has 0 saturated carbocycles. The summed E-state index contributed by atoms with van der Waals surface area (Å²) in [6.45, 7) is 3.87. The maximum absolute atomic E-state index is 13.0. The Labute approximate surface area is 112 Å². The predicted octanol–water partition coefficient (Wildman–Crippen LogP) is 5.09. The molecular weight excluding hydrogens is 278 g/mol. The third kappa shape index (κ3) is 2.94. The molecule has 0 aliphatic carbocycles. The van der Waals surface area contributed by atoms with Crippen LogP contribution in [-0.2, 0) is 6.18 Å². The van der Waals surface area contributed by atoms with Crippen LogP contribution in [0.5, 0.6) is 0 Å². The highest BCUT2D eigenvalue weighted by Gasteiger charge is 2.34. The highest BCUT2D eigenvalue weighted by atomic mass is 32.1. The molecule has 0 aliphatic rings. The van der Waals surface area contributed by atoms with Crippen LogP contribution in [0.3, 0.4) is 0 Å². The largest absolute Gasteiger partial charge is 0.417 e. The highest BCUT2D eigenvalue weighted by Crippen LogP contribution is 2.38. The van der Waals surface area contributed by atoms with Gasteiger partial charge in [-0.2, -0.15) is 17.5 Å². The van der Waals surface area contributed by atoms with Gasteiger partial charge in [0.25, 0.3) is 0 Å². The molecule has 0 N–H and O–H groups in total. The molecule has 0 unspecified atom stereocenters. The van der Waals surface area contributed by atoms with Gasteiger partial charge in [-0.1, -0.05) is 13.8 Å². The van der Waals surface area contributed by atoms with E-state index in [1.165, 1.54) is 0 Å². The molecule has 0 fully saturated rings. The van der Waals surface area contributed by atoms with Crippen LogP contribution in [0.15, 0.2) is 24.3 Å². The van der Waals surface area contributed by atoms with E-state index in [1.807, 2.05) is 13.8 Å². The van der Waals surface area contributed by atoms with Gasteiger partial charge in [0.15, 0.2) is 0 Å². The number of alkyl halides is 3. The number of nitrogens with zero attached hydrogens (tertiary/aromatic N) is 1. The zero-order valence-electron chi connectivity index (χ0n) is 10.3. The van der Waals surface area contributed by atoms with Crippen molar-refractivity contribution in [3.05, 3.63) is 40.5 Å². The molecule has 19 heavy (non-hydrogen) atoms. The third-order valence-electron chi connectivity index (χ3n) is 2.66. The van der Waals surface area contributed by atoms with Crippen LogP contribution in [0.4, 0.5) is 17.6 Å². The molecule has 0 bridgehead atoms. The Balaban J connectivity index is 2.55. The summed E-state index contributed by atoms with van der Waals surface area (Å²) in [5.74, 6) is -0.712. The zero-order chi connectivity index (χ0) is 14.2. The Hall–Kier alpha value is -1.43. The van der Waals surface area contributed by atoms with Gasteiger partial charge in [-0.3, -0.25) is 0 Å². The lowest BCUT2D eigenvalue weighted by molar-refractivity contribution is -0.137. The second-order valence-corrected chi connectivity index (χ2v) is 5.29. The van der Waals surface area contributed by atoms with Gasteiger partial charge < -0.3 is 0 Å². The molecule has 0 radical (unpaired) electrons. The van der Waals surface area contributed by atoms with Crippen molar-refractivity contribution in [2.75, 3.05) is 0 Å². The van der Waals surface area contributed by atoms with Gasteiger partial charge in [0.2, 0.25) is 0 Å². The maximum atomic E-state index is 13.0. The average Bonchev–Trinajstić information content (AvgIpc) is 2.77. The summed E-state index contributed by atoms with van der Waals surface area (Å²) in [4.78, 5) is 0.896. The van der Waals surface area contributed by atoms with Crippen molar-refractivity contribution in [3.8, 4) is 11.3 Å². The van der Waals surface area contributed by atoms with Gasteiger partial charge in [-0.25, -0.2) is 4.39 Å². The van der Waals surface area contributed by atoms with Crippen LogP contribution >= 0.6 is 11.5 Å². The second kappa shape index (κ2) is 4.92. The van der Waals surface area contributed by atoms with Crippen LogP contribution in [0.25, 0.3) is 11.3 Å². The van der Waals surface area contributed by atoms with Crippen LogP contribution in [0.1, 0.15) is 30.2 Å². The van der Waals surface area contributed by atoms with E-state index in [1.54, 1.807) is 6.07 Å². The van der Waals surface area contributed by atoms with E-state index in [0.29, 0.717) is 6.07 Å². The molecule has 0 spiro atoms. The monoisotopic (exact) mass is 289 g/mol. The van der Waals surface area contributed by atoms with Gasteiger partial charge in [0.05, 0.1) is 11.3 Å². The summed E-state index contributed by atoms with van der Waals surface area (Å²) in [5.41, 5.74) is -0.841. The molecule has 1 nitrogen and oxygen atoms in total. The van der Waals surface area contributed by atoms with E-state index in [9.17, 15) is 17.6 Å². The topological polar surface area (TPSA) is 12.9 Å². The molecule has 0 atom stereocenters. The molecule has 1 aromatic carbocycles. The Bertz CT molecular complexity index is 587. The van der Waals surface area contributed by atoms with Gasteiger partial charge in [-0.05, 0) is 41.7 Å². The number of benzene rings is 1. The molecule has 1 aromatic heterocycles. The molecule has 0 amide bonds. The fourth-order valence-electron chi connectivity index (χ4n) is 1.66. The van der Waals surface area contributed by atoms with E-state index in [-0.39, 0.29) is 17.2 Å². The van der Waals surface area contributed by atoms with Crippen LogP contribution in [0.2, 0.25) is 0 Å². The summed E-state index contributed by atoms with van der Waals surface area (Å²) in [7, 11) is 0. The lowest BCUT2D eigenvalue weighted by atomic mass is 10.0. The Kier molecular flexibility index (Phi) is 3.62. The van der Waals surface area contributed by atoms with E-state index in [0.717, 1.165) is 28.5 Å². The number of rotatable bonds is 2. The minimum absolute atomic E-state index is 0.0861. The van der Waals surface area contributed by atoms with Crippen molar-refractivity contribution in [2.24, 2.45) is 0 Å². The van der Waals surface area contributed by atoms with E-state index >= 15 is 0 Å². The molecule has 2 rings (SSSR count). The molecule has 0 saturated heterocycles. The summed E-state index contributed by atoms with van der Waals surface area (Å²) in [6.07, 6.45) is -4.60. The number of halogens is 4. The Morgan fingerprint density at radius 1 is 1.16 bits per heavy atom. The first-order valence-electron chi connectivity index (χ1n) is 5.62. The highest BCUT2D eigenvalue weighted by molar-refractivity contribution is 7.06. The minimum Gasteiger partial charge on any atom is -0.207 e. The van der Waals surface area contributed by atoms with Crippen LogP contribution in [-0.4, -0.2) is 4.37 Å². The number of hydrogen-bond donors (Lipinski definition) is 0. The van der Waals surface area contributed by atoms with Gasteiger partial charge in [0.1, 0.15) is 5.82 Å². The lowest BCUT2D eigenvalue weighted by Crippen LogP contribution is -2.07. The first-order valence-corrected chi connectivity index (χ1v) is 6.40. The van der Waals surface area contributed by atoms with Crippen molar-refractivity contribution in [3.63, 3.8) is 0 Å². The van der Waals surface area contributed by atoms with E-state index in [2.05, 4.69) is 4.37 Å². The predicted molar refractivity (Wildman–Crippen MR) is 66.6 cm³/mol. The van der Waals surface area contributed by atoms with Crippen molar-refractivity contribution in [1.82, 2.24) is 4.37 Å². The van der Waals surface area contributed by atoms with Crippen molar-refractivity contribution >= 4 is 11.5 Å². The Morgan fingerprint density at radius 2 is 1.84 bits per heavy atom. The molecule has 2 aromatic rings. The molecule has 102 valence electrons.